The topological polar surface area (TPSA) is 66.5 Å². The second kappa shape index (κ2) is 10.1. The highest BCUT2D eigenvalue weighted by atomic mass is 16.5. The van der Waals surface area contributed by atoms with Crippen molar-refractivity contribution < 1.29 is 9.53 Å². The monoisotopic (exact) mass is 416 g/mol. The summed E-state index contributed by atoms with van der Waals surface area (Å²) in [6, 6.07) is 21.8. The number of benzene rings is 2. The van der Waals surface area contributed by atoms with Gasteiger partial charge in [-0.1, -0.05) is 30.3 Å². The third-order valence-electron chi connectivity index (χ3n) is 5.38. The van der Waals surface area contributed by atoms with Gasteiger partial charge in [-0.3, -0.25) is 4.79 Å². The van der Waals surface area contributed by atoms with E-state index in [1.165, 1.54) is 5.56 Å². The van der Waals surface area contributed by atoms with E-state index < -0.39 is 0 Å². The Morgan fingerprint density at radius 1 is 1.10 bits per heavy atom. The van der Waals surface area contributed by atoms with E-state index in [0.717, 1.165) is 43.3 Å². The fourth-order valence-corrected chi connectivity index (χ4v) is 3.70. The first-order chi connectivity index (χ1) is 15.2. The van der Waals surface area contributed by atoms with Crippen molar-refractivity contribution >= 4 is 17.4 Å². The molecular weight excluding hydrogens is 388 g/mol. The summed E-state index contributed by atoms with van der Waals surface area (Å²) in [5.74, 6) is 1.66. The van der Waals surface area contributed by atoms with Crippen LogP contribution in [0.2, 0.25) is 0 Å². The van der Waals surface area contributed by atoms with Gasteiger partial charge >= 0.3 is 0 Å². The maximum Gasteiger partial charge on any atom is 0.257 e. The van der Waals surface area contributed by atoms with Gasteiger partial charge in [0.1, 0.15) is 11.6 Å². The number of carbonyl (C=O) groups is 1. The molecule has 31 heavy (non-hydrogen) atoms. The van der Waals surface area contributed by atoms with Crippen LogP contribution in [0.4, 0.5) is 11.5 Å². The van der Waals surface area contributed by atoms with Gasteiger partial charge in [0.25, 0.3) is 5.91 Å². The number of anilines is 2. The average Bonchev–Trinajstić information content (AvgIpc) is 3.29. The predicted octanol–water partition coefficient (Wildman–Crippen LogP) is 4.10. The van der Waals surface area contributed by atoms with Gasteiger partial charge in [-0.15, -0.1) is 0 Å². The van der Waals surface area contributed by atoms with Crippen LogP contribution in [0.15, 0.2) is 72.9 Å². The Hall–Kier alpha value is -3.38. The summed E-state index contributed by atoms with van der Waals surface area (Å²) in [5, 5.41) is 6.52. The lowest BCUT2D eigenvalue weighted by Crippen LogP contribution is -2.32. The molecule has 1 aliphatic heterocycles. The molecule has 1 aliphatic rings. The largest absolute Gasteiger partial charge is 0.494 e. The lowest BCUT2D eigenvalue weighted by Gasteiger charge is -2.18. The van der Waals surface area contributed by atoms with Crippen molar-refractivity contribution in [3.63, 3.8) is 0 Å². The van der Waals surface area contributed by atoms with Gasteiger partial charge in [-0.05, 0) is 55.3 Å². The van der Waals surface area contributed by atoms with Crippen molar-refractivity contribution in [3.05, 3.63) is 84.1 Å². The fraction of sp³-hybridized carbons (Fsp3) is 0.280. The van der Waals surface area contributed by atoms with Crippen LogP contribution in [0.3, 0.4) is 0 Å². The molecule has 1 fully saturated rings. The van der Waals surface area contributed by atoms with Crippen molar-refractivity contribution in [2.75, 3.05) is 29.9 Å². The molecule has 1 aromatic heterocycles. The first-order valence-corrected chi connectivity index (χ1v) is 10.7. The van der Waals surface area contributed by atoms with E-state index >= 15 is 0 Å². The first kappa shape index (κ1) is 20.9. The molecule has 0 spiro atoms. The number of nitrogens with zero attached hydrogens (tertiary/aromatic N) is 2. The third kappa shape index (κ3) is 5.61. The molecule has 160 valence electrons. The second-order valence-electron chi connectivity index (χ2n) is 7.61. The molecule has 0 radical (unpaired) electrons. The van der Waals surface area contributed by atoms with Crippen molar-refractivity contribution in [1.82, 2.24) is 10.3 Å². The number of para-hydroxylation sites is 1. The standard InChI is InChI=1S/C25H28N4O2/c1-2-31-23-11-8-19(9-12-23)16-26-22-14-15-29(18-22)24-13-10-20(17-27-24)25(30)28-21-6-4-3-5-7-21/h3-13,17,22,26H,2,14-16,18H2,1H3,(H,28,30)/t22-/m1/s1. The van der Waals surface area contributed by atoms with Gasteiger partial charge in [0.05, 0.1) is 12.2 Å². The van der Waals surface area contributed by atoms with Gasteiger partial charge in [-0.25, -0.2) is 4.98 Å². The number of rotatable bonds is 8. The van der Waals surface area contributed by atoms with Gasteiger partial charge < -0.3 is 20.3 Å². The van der Waals surface area contributed by atoms with E-state index in [1.54, 1.807) is 6.20 Å². The molecule has 0 aliphatic carbocycles. The van der Waals surface area contributed by atoms with Crippen molar-refractivity contribution in [1.29, 1.82) is 0 Å². The Bertz CT molecular complexity index is 975. The smallest absolute Gasteiger partial charge is 0.257 e. The molecule has 0 bridgehead atoms. The lowest BCUT2D eigenvalue weighted by molar-refractivity contribution is 0.102. The van der Waals surface area contributed by atoms with Gasteiger partial charge in [0, 0.05) is 37.6 Å². The third-order valence-corrected chi connectivity index (χ3v) is 5.38. The Balaban J connectivity index is 1.27. The van der Waals surface area contributed by atoms with Crippen LogP contribution in [0.25, 0.3) is 0 Å². The minimum Gasteiger partial charge on any atom is -0.494 e. The van der Waals surface area contributed by atoms with E-state index in [-0.39, 0.29) is 5.91 Å². The number of hydrogen-bond donors (Lipinski definition) is 2. The van der Waals surface area contributed by atoms with Gasteiger partial charge in [0.2, 0.25) is 0 Å². The molecule has 6 heteroatoms. The number of carbonyl (C=O) groups excluding carboxylic acids is 1. The number of amides is 1. The second-order valence-corrected chi connectivity index (χ2v) is 7.61. The zero-order chi connectivity index (χ0) is 21.5. The van der Waals surface area contributed by atoms with Crippen molar-refractivity contribution in [2.24, 2.45) is 0 Å². The van der Waals surface area contributed by atoms with E-state index in [4.69, 9.17) is 4.74 Å². The zero-order valence-electron chi connectivity index (χ0n) is 17.8. The highest BCUT2D eigenvalue weighted by Crippen LogP contribution is 2.19. The molecular formula is C25H28N4O2. The Kier molecular flexibility index (Phi) is 6.79. The molecule has 1 amide bonds. The molecule has 4 rings (SSSR count). The molecule has 3 aromatic rings. The highest BCUT2D eigenvalue weighted by molar-refractivity contribution is 6.04. The summed E-state index contributed by atoms with van der Waals surface area (Å²) in [4.78, 5) is 19.2. The predicted molar refractivity (Wildman–Crippen MR) is 124 cm³/mol. The van der Waals surface area contributed by atoms with Crippen LogP contribution >= 0.6 is 0 Å². The molecule has 2 heterocycles. The fourth-order valence-electron chi connectivity index (χ4n) is 3.70. The summed E-state index contributed by atoms with van der Waals surface area (Å²) in [6.45, 7) is 5.35. The van der Waals surface area contributed by atoms with Gasteiger partial charge in [-0.2, -0.15) is 0 Å². The number of aromatic nitrogens is 1. The lowest BCUT2D eigenvalue weighted by atomic mass is 10.2. The molecule has 1 saturated heterocycles. The maximum atomic E-state index is 12.4. The van der Waals surface area contributed by atoms with E-state index in [9.17, 15) is 4.79 Å². The maximum absolute atomic E-state index is 12.4. The highest BCUT2D eigenvalue weighted by Gasteiger charge is 2.23. The Labute approximate surface area is 183 Å². The number of ether oxygens (including phenoxy) is 1. The van der Waals surface area contributed by atoms with Crippen molar-refractivity contribution in [2.45, 2.75) is 25.9 Å². The first-order valence-electron chi connectivity index (χ1n) is 10.7. The summed E-state index contributed by atoms with van der Waals surface area (Å²) in [5.41, 5.74) is 2.57. The summed E-state index contributed by atoms with van der Waals surface area (Å²) in [6.07, 6.45) is 2.71. The number of nitrogens with one attached hydrogen (secondary N) is 2. The van der Waals surface area contributed by atoms with Crippen LogP contribution in [0.1, 0.15) is 29.3 Å². The van der Waals surface area contributed by atoms with Crippen LogP contribution in [0.5, 0.6) is 5.75 Å². The Morgan fingerprint density at radius 2 is 1.90 bits per heavy atom. The van der Waals surface area contributed by atoms with E-state index in [0.29, 0.717) is 18.2 Å². The number of hydrogen-bond acceptors (Lipinski definition) is 5. The van der Waals surface area contributed by atoms with E-state index in [1.807, 2.05) is 61.5 Å². The molecule has 6 nitrogen and oxygen atoms in total. The van der Waals surface area contributed by atoms with Crippen LogP contribution < -0.4 is 20.3 Å². The van der Waals surface area contributed by atoms with E-state index in [2.05, 4.69) is 32.7 Å². The van der Waals surface area contributed by atoms with Crippen LogP contribution in [0, 0.1) is 0 Å². The molecule has 0 saturated carbocycles. The summed E-state index contributed by atoms with van der Waals surface area (Å²) in [7, 11) is 0. The summed E-state index contributed by atoms with van der Waals surface area (Å²) < 4.78 is 5.50. The SMILES string of the molecule is CCOc1ccc(CN[C@@H]2CCN(c3ccc(C(=O)Nc4ccccc4)cn3)C2)cc1. The van der Waals surface area contributed by atoms with Crippen LogP contribution in [-0.4, -0.2) is 36.6 Å². The average molecular weight is 417 g/mol. The number of pyridine rings is 1. The molecule has 2 aromatic carbocycles. The quantitative estimate of drug-likeness (QED) is 0.579. The molecule has 2 N–H and O–H groups in total. The minimum absolute atomic E-state index is 0.151. The van der Waals surface area contributed by atoms with Gasteiger partial charge in [0.15, 0.2) is 0 Å². The Morgan fingerprint density at radius 3 is 2.61 bits per heavy atom. The van der Waals surface area contributed by atoms with Crippen LogP contribution in [-0.2, 0) is 6.54 Å². The molecule has 0 unspecified atom stereocenters. The normalized spacial score (nSPS) is 15.6. The zero-order valence-corrected chi connectivity index (χ0v) is 17.8. The minimum atomic E-state index is -0.151. The summed E-state index contributed by atoms with van der Waals surface area (Å²) >= 11 is 0. The molecule has 1 atom stereocenters. The van der Waals surface area contributed by atoms with Crippen molar-refractivity contribution in [3.8, 4) is 5.75 Å².